The lowest BCUT2D eigenvalue weighted by Gasteiger charge is -2.06. The van der Waals surface area contributed by atoms with Crippen LogP contribution in [-0.2, 0) is 22.7 Å². The molecule has 2 rings (SSSR count). The highest BCUT2D eigenvalue weighted by molar-refractivity contribution is 5.97. The number of esters is 1. The second-order valence-corrected chi connectivity index (χ2v) is 5.36. The Labute approximate surface area is 146 Å². The highest BCUT2D eigenvalue weighted by Crippen LogP contribution is 2.14. The van der Waals surface area contributed by atoms with Crippen molar-refractivity contribution in [3.63, 3.8) is 0 Å². The third-order valence-electron chi connectivity index (χ3n) is 3.45. The monoisotopic (exact) mass is 346 g/mol. The van der Waals surface area contributed by atoms with E-state index < -0.39 is 5.97 Å². The summed E-state index contributed by atoms with van der Waals surface area (Å²) in [5.41, 5.74) is 0.545. The van der Waals surface area contributed by atoms with Crippen LogP contribution in [0.3, 0.4) is 0 Å². The van der Waals surface area contributed by atoms with Gasteiger partial charge in [0.1, 0.15) is 5.75 Å². The Morgan fingerprint density at radius 2 is 1.88 bits per heavy atom. The van der Waals surface area contributed by atoms with Crippen molar-refractivity contribution in [1.82, 2.24) is 20.2 Å². The van der Waals surface area contributed by atoms with E-state index >= 15 is 0 Å². The molecule has 0 radical (unpaired) electrons. The van der Waals surface area contributed by atoms with Crippen molar-refractivity contribution in [2.75, 3.05) is 6.61 Å². The van der Waals surface area contributed by atoms with E-state index in [4.69, 9.17) is 9.47 Å². The number of aryl methyl sites for hydroxylation is 1. The molecule has 1 aromatic carbocycles. The Bertz CT molecular complexity index is 697. The summed E-state index contributed by atoms with van der Waals surface area (Å²) >= 11 is 0. The van der Waals surface area contributed by atoms with E-state index in [2.05, 4.69) is 15.5 Å². The second kappa shape index (κ2) is 9.51. The van der Waals surface area contributed by atoms with Gasteiger partial charge in [0.25, 0.3) is 0 Å². The number of hydrogen-bond donors (Lipinski definition) is 0. The van der Waals surface area contributed by atoms with Gasteiger partial charge in [0, 0.05) is 18.5 Å². The van der Waals surface area contributed by atoms with Crippen LogP contribution in [0.4, 0.5) is 0 Å². The Morgan fingerprint density at radius 3 is 2.56 bits per heavy atom. The van der Waals surface area contributed by atoms with Crippen LogP contribution in [0.5, 0.6) is 5.75 Å². The summed E-state index contributed by atoms with van der Waals surface area (Å²) in [6.07, 6.45) is 0.983. The molecule has 25 heavy (non-hydrogen) atoms. The zero-order valence-electron chi connectivity index (χ0n) is 14.5. The first-order chi connectivity index (χ1) is 12.1. The summed E-state index contributed by atoms with van der Waals surface area (Å²) in [5, 5.41) is 11.2. The molecular weight excluding hydrogens is 324 g/mol. The number of ether oxygens (including phenoxy) is 2. The Kier molecular flexibility index (Phi) is 7.06. The van der Waals surface area contributed by atoms with E-state index in [9.17, 15) is 9.59 Å². The smallest absolute Gasteiger partial charge is 0.306 e. The molecule has 0 fully saturated rings. The standard InChI is InChI=1S/C17H22N4O4/c1-3-11-21-16(18-19-20-21)12-25-17(23)10-9-15(22)13-5-7-14(8-6-13)24-4-2/h5-8H,3-4,9-12H2,1-2H3. The van der Waals surface area contributed by atoms with E-state index in [1.807, 2.05) is 13.8 Å². The zero-order chi connectivity index (χ0) is 18.1. The predicted octanol–water partition coefficient (Wildman–Crippen LogP) is 2.19. The zero-order valence-corrected chi connectivity index (χ0v) is 14.5. The average molecular weight is 346 g/mol. The first-order valence-electron chi connectivity index (χ1n) is 8.30. The highest BCUT2D eigenvalue weighted by atomic mass is 16.5. The fourth-order valence-electron chi connectivity index (χ4n) is 2.19. The van der Waals surface area contributed by atoms with Crippen molar-refractivity contribution >= 4 is 11.8 Å². The molecule has 8 heteroatoms. The molecule has 0 aliphatic rings. The van der Waals surface area contributed by atoms with E-state index in [1.54, 1.807) is 28.9 Å². The lowest BCUT2D eigenvalue weighted by molar-refractivity contribution is -0.145. The van der Waals surface area contributed by atoms with Crippen LogP contribution in [0.1, 0.15) is 49.3 Å². The molecule has 2 aromatic rings. The molecule has 8 nitrogen and oxygen atoms in total. The molecular formula is C17H22N4O4. The van der Waals surface area contributed by atoms with Gasteiger partial charge in [-0.2, -0.15) is 0 Å². The minimum Gasteiger partial charge on any atom is -0.494 e. The fourth-order valence-corrected chi connectivity index (χ4v) is 2.19. The summed E-state index contributed by atoms with van der Waals surface area (Å²) in [7, 11) is 0. The first-order valence-corrected chi connectivity index (χ1v) is 8.30. The summed E-state index contributed by atoms with van der Waals surface area (Å²) in [6.45, 7) is 5.13. The van der Waals surface area contributed by atoms with Crippen LogP contribution in [0.2, 0.25) is 0 Å². The number of ketones is 1. The van der Waals surface area contributed by atoms with Gasteiger partial charge >= 0.3 is 5.97 Å². The lowest BCUT2D eigenvalue weighted by atomic mass is 10.1. The summed E-state index contributed by atoms with van der Waals surface area (Å²) in [5.74, 6) is 0.637. The van der Waals surface area contributed by atoms with Crippen molar-refractivity contribution in [2.45, 2.75) is 46.3 Å². The van der Waals surface area contributed by atoms with Gasteiger partial charge in [0.05, 0.1) is 13.0 Å². The van der Waals surface area contributed by atoms with Gasteiger partial charge < -0.3 is 9.47 Å². The number of carbonyl (C=O) groups is 2. The van der Waals surface area contributed by atoms with Gasteiger partial charge in [0.2, 0.25) is 0 Å². The fraction of sp³-hybridized carbons (Fsp3) is 0.471. The molecule has 134 valence electrons. The third kappa shape index (κ3) is 5.66. The molecule has 0 saturated heterocycles. The van der Waals surface area contributed by atoms with Crippen LogP contribution < -0.4 is 4.74 Å². The van der Waals surface area contributed by atoms with Gasteiger partial charge in [-0.05, 0) is 48.0 Å². The number of carbonyl (C=O) groups excluding carboxylic acids is 2. The maximum atomic E-state index is 12.1. The van der Waals surface area contributed by atoms with Crippen LogP contribution in [0.15, 0.2) is 24.3 Å². The van der Waals surface area contributed by atoms with Crippen molar-refractivity contribution < 1.29 is 19.1 Å². The summed E-state index contributed by atoms with van der Waals surface area (Å²) < 4.78 is 12.1. The Morgan fingerprint density at radius 1 is 1.12 bits per heavy atom. The van der Waals surface area contributed by atoms with E-state index in [0.717, 1.165) is 6.42 Å². The molecule has 0 atom stereocenters. The first kappa shape index (κ1) is 18.6. The van der Waals surface area contributed by atoms with E-state index in [-0.39, 0.29) is 25.2 Å². The van der Waals surface area contributed by atoms with Crippen LogP contribution in [-0.4, -0.2) is 38.6 Å². The number of nitrogens with zero attached hydrogens (tertiary/aromatic N) is 4. The third-order valence-corrected chi connectivity index (χ3v) is 3.45. The van der Waals surface area contributed by atoms with E-state index in [0.29, 0.717) is 30.3 Å². The topological polar surface area (TPSA) is 96.2 Å². The van der Waals surface area contributed by atoms with Crippen molar-refractivity contribution in [1.29, 1.82) is 0 Å². The quantitative estimate of drug-likeness (QED) is 0.480. The number of tetrazole rings is 1. The molecule has 1 aromatic heterocycles. The number of rotatable bonds is 10. The molecule has 0 amide bonds. The Hall–Kier alpha value is -2.77. The number of benzene rings is 1. The second-order valence-electron chi connectivity index (χ2n) is 5.36. The van der Waals surface area contributed by atoms with Crippen LogP contribution in [0.25, 0.3) is 0 Å². The maximum absolute atomic E-state index is 12.1. The molecule has 0 spiro atoms. The molecule has 0 aliphatic heterocycles. The summed E-state index contributed by atoms with van der Waals surface area (Å²) in [4.78, 5) is 23.9. The highest BCUT2D eigenvalue weighted by Gasteiger charge is 2.12. The van der Waals surface area contributed by atoms with Gasteiger partial charge in [-0.1, -0.05) is 6.92 Å². The molecule has 0 saturated carbocycles. The SMILES string of the molecule is CCCn1nnnc1COC(=O)CCC(=O)c1ccc(OCC)cc1. The number of hydrogen-bond acceptors (Lipinski definition) is 7. The minimum absolute atomic E-state index is 0.00305. The van der Waals surface area contributed by atoms with Crippen molar-refractivity contribution in [2.24, 2.45) is 0 Å². The normalized spacial score (nSPS) is 10.5. The van der Waals surface area contributed by atoms with Gasteiger partial charge in [-0.15, -0.1) is 5.10 Å². The molecule has 0 N–H and O–H groups in total. The largest absolute Gasteiger partial charge is 0.494 e. The average Bonchev–Trinajstić information content (AvgIpc) is 3.06. The van der Waals surface area contributed by atoms with Gasteiger partial charge in [0.15, 0.2) is 18.2 Å². The molecule has 1 heterocycles. The van der Waals surface area contributed by atoms with Gasteiger partial charge in [-0.25, -0.2) is 4.68 Å². The molecule has 0 unspecified atom stereocenters. The number of aromatic nitrogens is 4. The number of Topliss-reactive ketones (excluding diaryl/α,β-unsaturated/α-hetero) is 1. The molecule has 0 aliphatic carbocycles. The van der Waals surface area contributed by atoms with E-state index in [1.165, 1.54) is 0 Å². The summed E-state index contributed by atoms with van der Waals surface area (Å²) in [6, 6.07) is 6.86. The van der Waals surface area contributed by atoms with Crippen LogP contribution in [0, 0.1) is 0 Å². The Balaban J connectivity index is 1.77. The van der Waals surface area contributed by atoms with Crippen molar-refractivity contribution in [3.8, 4) is 5.75 Å². The maximum Gasteiger partial charge on any atom is 0.306 e. The molecule has 0 bridgehead atoms. The predicted molar refractivity (Wildman–Crippen MR) is 89.1 cm³/mol. The van der Waals surface area contributed by atoms with Crippen LogP contribution >= 0.6 is 0 Å². The lowest BCUT2D eigenvalue weighted by Crippen LogP contribution is -2.12. The van der Waals surface area contributed by atoms with Crippen molar-refractivity contribution in [3.05, 3.63) is 35.7 Å². The van der Waals surface area contributed by atoms with Gasteiger partial charge in [-0.3, -0.25) is 9.59 Å². The minimum atomic E-state index is -0.453.